The Hall–Kier alpha value is 2.53. The molecule has 0 atom stereocenters. The molecular formula is HCuMnNaNi. The predicted molar refractivity (Wildman–Crippen MR) is 7.15 cm³/mol. The van der Waals surface area contributed by atoms with Crippen LogP contribution in [0.25, 0.3) is 0 Å². The number of hydrogen-bond donors (Lipinski definition) is 0. The topological polar surface area (TPSA) is 0 Å². The van der Waals surface area contributed by atoms with Gasteiger partial charge in [-0.25, -0.2) is 0 Å². The molecular weight excluding hydrogens is 200 g/mol. The fourth-order valence-corrected chi connectivity index (χ4v) is 0. The summed E-state index contributed by atoms with van der Waals surface area (Å²) in [6.45, 7) is 0. The zero-order valence-electron chi connectivity index (χ0n) is 0.996. The van der Waals surface area contributed by atoms with Gasteiger partial charge in [0.2, 0.25) is 0 Å². The maximum absolute atomic E-state index is 0. The van der Waals surface area contributed by atoms with E-state index in [2.05, 4.69) is 0 Å². The average Bonchev–Trinajstić information content (AvgIpc) is 0. The Morgan fingerprint density at radius 2 is 1.00 bits per heavy atom. The predicted octanol–water partition coefficient (Wildman–Crippen LogP) is -0.656. The monoisotopic (exact) mass is 200 g/mol. The zero-order valence-corrected chi connectivity index (χ0v) is 4.11. The van der Waals surface area contributed by atoms with Crippen LogP contribution in [0.3, 0.4) is 0 Å². The van der Waals surface area contributed by atoms with E-state index in [4.69, 9.17) is 0 Å². The summed E-state index contributed by atoms with van der Waals surface area (Å²) in [5.74, 6) is 0. The third-order valence-electron chi connectivity index (χ3n) is 0. The van der Waals surface area contributed by atoms with Crippen molar-refractivity contribution in [3.63, 3.8) is 0 Å². The molecule has 0 nitrogen and oxygen atoms in total. The Bertz CT molecular complexity index is 8.00. The molecule has 0 unspecified atom stereocenters. The van der Waals surface area contributed by atoms with Gasteiger partial charge in [0.1, 0.15) is 0 Å². The first-order valence-corrected chi connectivity index (χ1v) is 0. The first-order valence-electron chi connectivity index (χ1n) is 0. The Balaban J connectivity index is 0. The largest absolute Gasteiger partial charge is 0 e. The molecule has 4 heteroatoms. The molecule has 0 saturated heterocycles. The van der Waals surface area contributed by atoms with E-state index in [-0.39, 0.29) is 80.2 Å². The van der Waals surface area contributed by atoms with Crippen molar-refractivity contribution in [1.82, 2.24) is 0 Å². The van der Waals surface area contributed by atoms with Crippen LogP contribution in [0.4, 0.5) is 0 Å². The number of rotatable bonds is 0. The van der Waals surface area contributed by atoms with Crippen molar-refractivity contribution in [2.24, 2.45) is 0 Å². The first kappa shape index (κ1) is 31.2. The zero-order chi connectivity index (χ0) is 0. The molecule has 2 radical (unpaired) electrons. The maximum Gasteiger partial charge on any atom is 0 e. The van der Waals surface area contributed by atoms with Crippen LogP contribution in [0.5, 0.6) is 0 Å². The van der Waals surface area contributed by atoms with Gasteiger partial charge in [0.15, 0.2) is 0 Å². The van der Waals surface area contributed by atoms with Crippen molar-refractivity contribution >= 4 is 29.6 Å². The van der Waals surface area contributed by atoms with Crippen molar-refractivity contribution in [3.8, 4) is 0 Å². The van der Waals surface area contributed by atoms with Gasteiger partial charge in [-0.2, -0.15) is 0 Å². The minimum Gasteiger partial charge on any atom is 0 e. The summed E-state index contributed by atoms with van der Waals surface area (Å²) in [5, 5.41) is 0. The van der Waals surface area contributed by atoms with Gasteiger partial charge in [-0.15, -0.1) is 0 Å². The smallest absolute Gasteiger partial charge is 0 e. The molecule has 0 aliphatic rings. The van der Waals surface area contributed by atoms with Gasteiger partial charge in [-0.05, 0) is 0 Å². The Labute approximate surface area is 79.0 Å². The van der Waals surface area contributed by atoms with Crippen molar-refractivity contribution in [2.75, 3.05) is 0 Å². The molecule has 0 fully saturated rings. The molecule has 0 N–H and O–H groups in total. The van der Waals surface area contributed by atoms with E-state index in [1.807, 2.05) is 0 Å². The average molecular weight is 201 g/mol. The van der Waals surface area contributed by atoms with Gasteiger partial charge in [-0.3, -0.25) is 0 Å². The third kappa shape index (κ3) is 8.82. The van der Waals surface area contributed by atoms with Gasteiger partial charge in [0.25, 0.3) is 0 Å². The molecule has 0 aromatic rings. The molecule has 0 aliphatic heterocycles. The van der Waals surface area contributed by atoms with Crippen LogP contribution < -0.4 is 0 Å². The maximum atomic E-state index is 0. The molecule has 30 valence electrons. The van der Waals surface area contributed by atoms with Crippen LogP contribution in [0, 0.1) is 0 Å². The molecule has 0 aromatic heterocycles. The van der Waals surface area contributed by atoms with Crippen molar-refractivity contribution in [3.05, 3.63) is 0 Å². The molecule has 0 aliphatic carbocycles. The fraction of sp³-hybridized carbons (Fsp3) is 0. The molecule has 0 bridgehead atoms. The molecule has 0 aromatic carbocycles. The van der Waals surface area contributed by atoms with Crippen molar-refractivity contribution in [2.45, 2.75) is 0 Å². The van der Waals surface area contributed by atoms with Gasteiger partial charge < -0.3 is 0 Å². The van der Waals surface area contributed by atoms with E-state index in [1.54, 1.807) is 0 Å². The van der Waals surface area contributed by atoms with Gasteiger partial charge in [0, 0.05) is 50.6 Å². The first-order chi connectivity index (χ1) is 0. The summed E-state index contributed by atoms with van der Waals surface area (Å²) in [7, 11) is 0. The second kappa shape index (κ2) is 17.7. The van der Waals surface area contributed by atoms with Crippen LogP contribution in [-0.2, 0) is 50.6 Å². The minimum atomic E-state index is 0. The van der Waals surface area contributed by atoms with E-state index in [9.17, 15) is 0 Å². The summed E-state index contributed by atoms with van der Waals surface area (Å²) in [4.78, 5) is 0. The minimum absolute atomic E-state index is 0. The van der Waals surface area contributed by atoms with Crippen LogP contribution >= 0.6 is 0 Å². The Morgan fingerprint density at radius 3 is 1.00 bits per heavy atom. The van der Waals surface area contributed by atoms with E-state index in [0.29, 0.717) is 0 Å². The molecule has 0 heterocycles. The summed E-state index contributed by atoms with van der Waals surface area (Å²) >= 11 is 0. The van der Waals surface area contributed by atoms with Crippen molar-refractivity contribution in [1.29, 1.82) is 0 Å². The molecule has 4 heavy (non-hydrogen) atoms. The summed E-state index contributed by atoms with van der Waals surface area (Å²) < 4.78 is 0. The van der Waals surface area contributed by atoms with Crippen LogP contribution in [0.1, 0.15) is 0 Å². The van der Waals surface area contributed by atoms with E-state index >= 15 is 0 Å². The molecule has 0 spiro atoms. The second-order valence-corrected chi connectivity index (χ2v) is 0. The van der Waals surface area contributed by atoms with Crippen molar-refractivity contribution < 1.29 is 50.6 Å². The van der Waals surface area contributed by atoms with E-state index in [0.717, 1.165) is 0 Å². The number of hydrogen-bond acceptors (Lipinski definition) is 0. The molecule has 0 amide bonds. The Morgan fingerprint density at radius 1 is 1.00 bits per heavy atom. The normalized spacial score (nSPS) is 0. The summed E-state index contributed by atoms with van der Waals surface area (Å²) in [5.41, 5.74) is 0. The SMILES string of the molecule is [Cu].[Mn].[NaH].[Ni]. The van der Waals surface area contributed by atoms with E-state index in [1.165, 1.54) is 0 Å². The third-order valence-corrected chi connectivity index (χ3v) is 0. The molecule has 0 rings (SSSR count). The molecule has 0 saturated carbocycles. The van der Waals surface area contributed by atoms with Crippen LogP contribution in [0.2, 0.25) is 0 Å². The summed E-state index contributed by atoms with van der Waals surface area (Å²) in [6, 6.07) is 0. The second-order valence-electron chi connectivity index (χ2n) is 0. The van der Waals surface area contributed by atoms with E-state index < -0.39 is 0 Å². The van der Waals surface area contributed by atoms with Gasteiger partial charge in [-0.1, -0.05) is 0 Å². The van der Waals surface area contributed by atoms with Gasteiger partial charge >= 0.3 is 29.6 Å². The fourth-order valence-electron chi connectivity index (χ4n) is 0. The van der Waals surface area contributed by atoms with Crippen LogP contribution in [0.15, 0.2) is 0 Å². The quantitative estimate of drug-likeness (QED) is 0.457. The summed E-state index contributed by atoms with van der Waals surface area (Å²) in [6.07, 6.45) is 0. The standard InChI is InChI=1S/Cu.Mn.Na.Ni.H. The van der Waals surface area contributed by atoms with Crippen LogP contribution in [-0.4, -0.2) is 29.6 Å². The Kier molecular flexibility index (Phi) is 138. The van der Waals surface area contributed by atoms with Gasteiger partial charge in [0.05, 0.1) is 0 Å².